The SMILES string of the molecule is Cc1cc(/C=C/C(=O)O)ccc1S(=O)(=O)N(C)C[C@H](O)CNC(C)(C)CC1Cc2ccccc2C1. The molecule has 2 aromatic carbocycles. The van der Waals surface area contributed by atoms with E-state index in [0.717, 1.165) is 29.6 Å². The standard InChI is InChI=1S/C27H36N2O5S/c1-19-13-20(10-12-26(31)32)9-11-25(19)35(33,34)29(4)18-24(30)17-28-27(2,3)16-21-14-22-7-5-6-8-23(22)15-21/h5-13,21,24,28,30H,14-18H2,1-4H3,(H,31,32)/b12-10+/t24-/m1/s1. The third-order valence-corrected chi connectivity index (χ3v) is 8.51. The van der Waals surface area contributed by atoms with Gasteiger partial charge in [-0.15, -0.1) is 0 Å². The van der Waals surface area contributed by atoms with Crippen molar-refractivity contribution in [3.8, 4) is 0 Å². The summed E-state index contributed by atoms with van der Waals surface area (Å²) in [7, 11) is -2.36. The van der Waals surface area contributed by atoms with Gasteiger partial charge in [-0.2, -0.15) is 4.31 Å². The van der Waals surface area contributed by atoms with Gasteiger partial charge in [-0.3, -0.25) is 0 Å². The molecule has 190 valence electrons. The van der Waals surface area contributed by atoms with E-state index < -0.39 is 22.1 Å². The molecule has 1 aliphatic rings. The van der Waals surface area contributed by atoms with E-state index in [2.05, 4.69) is 43.4 Å². The monoisotopic (exact) mass is 500 g/mol. The van der Waals surface area contributed by atoms with Crippen molar-refractivity contribution in [2.75, 3.05) is 20.1 Å². The summed E-state index contributed by atoms with van der Waals surface area (Å²) in [4.78, 5) is 10.8. The number of aryl methyl sites for hydroxylation is 1. The van der Waals surface area contributed by atoms with Gasteiger partial charge in [0, 0.05) is 31.8 Å². The van der Waals surface area contributed by atoms with Gasteiger partial charge in [0.15, 0.2) is 0 Å². The van der Waals surface area contributed by atoms with Gasteiger partial charge in [0.1, 0.15) is 0 Å². The number of nitrogens with one attached hydrogen (secondary N) is 1. The van der Waals surface area contributed by atoms with E-state index in [-0.39, 0.29) is 23.5 Å². The lowest BCUT2D eigenvalue weighted by Gasteiger charge is -2.31. The minimum absolute atomic E-state index is 0.0413. The first-order valence-electron chi connectivity index (χ1n) is 11.9. The Morgan fingerprint density at radius 2 is 1.83 bits per heavy atom. The summed E-state index contributed by atoms with van der Waals surface area (Å²) in [5.74, 6) is -0.524. The van der Waals surface area contributed by atoms with Crippen LogP contribution in [0.15, 0.2) is 53.4 Å². The van der Waals surface area contributed by atoms with Gasteiger partial charge in [-0.05, 0) is 80.3 Å². The Hall–Kier alpha value is -2.52. The van der Waals surface area contributed by atoms with Gasteiger partial charge in [0.2, 0.25) is 10.0 Å². The van der Waals surface area contributed by atoms with Crippen molar-refractivity contribution in [2.24, 2.45) is 5.92 Å². The molecule has 0 spiro atoms. The molecule has 3 N–H and O–H groups in total. The van der Waals surface area contributed by atoms with E-state index in [9.17, 15) is 18.3 Å². The minimum Gasteiger partial charge on any atom is -0.478 e. The molecule has 0 saturated carbocycles. The number of aliphatic hydroxyl groups excluding tert-OH is 1. The highest BCUT2D eigenvalue weighted by atomic mass is 32.2. The Kier molecular flexibility index (Phi) is 8.54. The zero-order chi connectivity index (χ0) is 25.8. The van der Waals surface area contributed by atoms with Crippen LogP contribution in [0.4, 0.5) is 0 Å². The van der Waals surface area contributed by atoms with Crippen LogP contribution in [0, 0.1) is 12.8 Å². The van der Waals surface area contributed by atoms with E-state index in [4.69, 9.17) is 5.11 Å². The van der Waals surface area contributed by atoms with E-state index >= 15 is 0 Å². The number of benzene rings is 2. The first-order valence-corrected chi connectivity index (χ1v) is 13.3. The fraction of sp³-hybridized carbons (Fsp3) is 0.444. The van der Waals surface area contributed by atoms with Crippen LogP contribution in [0.1, 0.15) is 42.5 Å². The van der Waals surface area contributed by atoms with Crippen LogP contribution in [-0.2, 0) is 27.7 Å². The maximum absolute atomic E-state index is 13.1. The van der Waals surface area contributed by atoms with E-state index in [0.29, 0.717) is 17.0 Å². The number of hydrogen-bond acceptors (Lipinski definition) is 5. The third kappa shape index (κ3) is 7.24. The van der Waals surface area contributed by atoms with Gasteiger partial charge in [-0.25, -0.2) is 13.2 Å². The fourth-order valence-corrected chi connectivity index (χ4v) is 6.25. The Labute approximate surface area is 208 Å². The lowest BCUT2D eigenvalue weighted by molar-refractivity contribution is -0.131. The third-order valence-electron chi connectivity index (χ3n) is 6.52. The van der Waals surface area contributed by atoms with Crippen LogP contribution >= 0.6 is 0 Å². The minimum atomic E-state index is -3.81. The highest BCUT2D eigenvalue weighted by molar-refractivity contribution is 7.89. The molecule has 0 amide bonds. The molecular weight excluding hydrogens is 464 g/mol. The molecule has 2 aromatic rings. The highest BCUT2D eigenvalue weighted by Gasteiger charge is 2.29. The Morgan fingerprint density at radius 1 is 1.20 bits per heavy atom. The summed E-state index contributed by atoms with van der Waals surface area (Å²) < 4.78 is 27.3. The Morgan fingerprint density at radius 3 is 2.40 bits per heavy atom. The van der Waals surface area contributed by atoms with Gasteiger partial charge < -0.3 is 15.5 Å². The van der Waals surface area contributed by atoms with Gasteiger partial charge >= 0.3 is 5.97 Å². The van der Waals surface area contributed by atoms with Gasteiger partial charge in [0.05, 0.1) is 11.0 Å². The zero-order valence-electron chi connectivity index (χ0n) is 20.9. The smallest absolute Gasteiger partial charge is 0.328 e. The van der Waals surface area contributed by atoms with Crippen LogP contribution in [0.5, 0.6) is 0 Å². The van der Waals surface area contributed by atoms with Crippen molar-refractivity contribution in [3.63, 3.8) is 0 Å². The summed E-state index contributed by atoms with van der Waals surface area (Å²) in [6.45, 7) is 6.14. The summed E-state index contributed by atoms with van der Waals surface area (Å²) in [5.41, 5.74) is 3.75. The van der Waals surface area contributed by atoms with Crippen LogP contribution in [-0.4, -0.2) is 60.7 Å². The second-order valence-corrected chi connectivity index (χ2v) is 12.2. The fourth-order valence-electron chi connectivity index (χ4n) is 4.84. The number of nitrogens with zero attached hydrogens (tertiary/aromatic N) is 1. The maximum Gasteiger partial charge on any atom is 0.328 e. The molecule has 1 atom stereocenters. The zero-order valence-corrected chi connectivity index (χ0v) is 21.7. The number of β-amino-alcohol motifs (C(OH)–C–C–N with tert-alkyl or cyclic N) is 1. The molecule has 0 fully saturated rings. The summed E-state index contributed by atoms with van der Waals surface area (Å²) in [6.07, 6.45) is 4.64. The molecule has 35 heavy (non-hydrogen) atoms. The summed E-state index contributed by atoms with van der Waals surface area (Å²) in [6, 6.07) is 13.2. The normalized spacial score (nSPS) is 15.6. The Balaban J connectivity index is 1.54. The van der Waals surface area contributed by atoms with Crippen molar-refractivity contribution in [1.29, 1.82) is 0 Å². The van der Waals surface area contributed by atoms with Gasteiger partial charge in [-0.1, -0.05) is 36.4 Å². The summed E-state index contributed by atoms with van der Waals surface area (Å²) >= 11 is 0. The number of sulfonamides is 1. The number of carboxylic acid groups (broad SMARTS) is 1. The van der Waals surface area contributed by atoms with Crippen LogP contribution < -0.4 is 5.32 Å². The topological polar surface area (TPSA) is 107 Å². The number of aliphatic carboxylic acids is 1. The quantitative estimate of drug-likeness (QED) is 0.409. The number of hydrogen-bond donors (Lipinski definition) is 3. The van der Waals surface area contributed by atoms with Crippen LogP contribution in [0.2, 0.25) is 0 Å². The number of aliphatic hydroxyl groups is 1. The molecular formula is C27H36N2O5S. The number of carbonyl (C=O) groups is 1. The number of rotatable bonds is 11. The van der Waals surface area contributed by atoms with E-state index in [1.807, 2.05) is 0 Å². The van der Waals surface area contributed by atoms with E-state index in [1.165, 1.54) is 30.3 Å². The Bertz CT molecular complexity index is 1160. The maximum atomic E-state index is 13.1. The second-order valence-electron chi connectivity index (χ2n) is 10.1. The molecule has 1 aliphatic carbocycles. The summed E-state index contributed by atoms with van der Waals surface area (Å²) in [5, 5.41) is 22.8. The van der Waals surface area contributed by atoms with Crippen LogP contribution in [0.25, 0.3) is 6.08 Å². The second kappa shape index (κ2) is 11.0. The molecule has 0 aromatic heterocycles. The van der Waals surface area contributed by atoms with Crippen molar-refractivity contribution in [3.05, 3.63) is 70.8 Å². The number of likely N-dealkylation sites (N-methyl/N-ethyl adjacent to an activating group) is 1. The van der Waals surface area contributed by atoms with Gasteiger partial charge in [0.25, 0.3) is 0 Å². The molecule has 0 heterocycles. The molecule has 3 rings (SSSR count). The number of fused-ring (bicyclic) bond motifs is 1. The molecule has 0 bridgehead atoms. The number of carboxylic acids is 1. The predicted molar refractivity (Wildman–Crippen MR) is 138 cm³/mol. The van der Waals surface area contributed by atoms with E-state index in [1.54, 1.807) is 19.1 Å². The molecule has 0 radical (unpaired) electrons. The molecule has 0 saturated heterocycles. The van der Waals surface area contributed by atoms with Crippen molar-refractivity contribution < 1.29 is 23.4 Å². The average Bonchev–Trinajstić information content (AvgIpc) is 3.17. The lowest BCUT2D eigenvalue weighted by atomic mass is 9.88. The van der Waals surface area contributed by atoms with Crippen LogP contribution in [0.3, 0.4) is 0 Å². The molecule has 0 unspecified atom stereocenters. The average molecular weight is 501 g/mol. The van der Waals surface area contributed by atoms with Crippen molar-refractivity contribution in [2.45, 2.75) is 56.6 Å². The molecule has 7 nitrogen and oxygen atoms in total. The largest absolute Gasteiger partial charge is 0.478 e. The highest BCUT2D eigenvalue weighted by Crippen LogP contribution is 2.32. The lowest BCUT2D eigenvalue weighted by Crippen LogP contribution is -2.47. The predicted octanol–water partition coefficient (Wildman–Crippen LogP) is 3.25. The van der Waals surface area contributed by atoms with Crippen molar-refractivity contribution in [1.82, 2.24) is 9.62 Å². The first-order chi connectivity index (χ1) is 16.4. The molecule has 0 aliphatic heterocycles. The molecule has 8 heteroatoms. The first kappa shape index (κ1) is 27.1. The van der Waals surface area contributed by atoms with Crippen molar-refractivity contribution >= 4 is 22.1 Å².